The molecule has 0 aliphatic carbocycles. The maximum atomic E-state index is 11.9. The van der Waals surface area contributed by atoms with Gasteiger partial charge in [0.1, 0.15) is 5.75 Å². The Morgan fingerprint density at radius 3 is 2.76 bits per heavy atom. The number of amides is 1. The predicted molar refractivity (Wildman–Crippen MR) is 87.3 cm³/mol. The van der Waals surface area contributed by atoms with Crippen molar-refractivity contribution in [2.45, 2.75) is 13.0 Å². The van der Waals surface area contributed by atoms with Gasteiger partial charge in [-0.3, -0.25) is 4.79 Å². The molecule has 110 valence electrons. The number of rotatable bonds is 5. The lowest BCUT2D eigenvalue weighted by Crippen LogP contribution is -2.21. The van der Waals surface area contributed by atoms with Crippen LogP contribution >= 0.6 is 15.9 Å². The lowest BCUT2D eigenvalue weighted by atomic mass is 10.1. The molecule has 0 heterocycles. The predicted octanol–water partition coefficient (Wildman–Crippen LogP) is 3.49. The summed E-state index contributed by atoms with van der Waals surface area (Å²) >= 11 is 3.36. The van der Waals surface area contributed by atoms with E-state index in [0.717, 1.165) is 15.7 Å². The van der Waals surface area contributed by atoms with E-state index < -0.39 is 0 Å². The monoisotopic (exact) mass is 348 g/mol. The summed E-state index contributed by atoms with van der Waals surface area (Å²) in [5.74, 6) is 0.421. The van der Waals surface area contributed by atoms with Gasteiger partial charge in [-0.25, -0.2) is 0 Å². The van der Waals surface area contributed by atoms with Crippen LogP contribution in [0.2, 0.25) is 0 Å². The molecule has 1 atom stereocenters. The van der Waals surface area contributed by atoms with E-state index in [1.165, 1.54) is 0 Å². The van der Waals surface area contributed by atoms with Crippen molar-refractivity contribution < 1.29 is 9.53 Å². The average Bonchev–Trinajstić information content (AvgIpc) is 2.45. The second kappa shape index (κ2) is 7.24. The van der Waals surface area contributed by atoms with Gasteiger partial charge in [0.2, 0.25) is 0 Å². The molecule has 1 amide bonds. The van der Waals surface area contributed by atoms with Crippen LogP contribution in [-0.2, 0) is 4.79 Å². The molecule has 0 saturated heterocycles. The molecule has 2 aromatic carbocycles. The van der Waals surface area contributed by atoms with Crippen molar-refractivity contribution in [2.24, 2.45) is 5.73 Å². The SMILES string of the molecule is C[C@@H](N)c1ccccc1OCC(=O)Nc1cccc(Br)c1. The maximum absolute atomic E-state index is 11.9. The van der Waals surface area contributed by atoms with E-state index in [4.69, 9.17) is 10.5 Å². The van der Waals surface area contributed by atoms with Crippen molar-refractivity contribution in [3.8, 4) is 5.75 Å². The summed E-state index contributed by atoms with van der Waals surface area (Å²) in [4.78, 5) is 11.9. The first-order valence-electron chi connectivity index (χ1n) is 6.59. The highest BCUT2D eigenvalue weighted by atomic mass is 79.9. The molecule has 0 saturated carbocycles. The summed E-state index contributed by atoms with van der Waals surface area (Å²) in [5, 5.41) is 2.78. The number of ether oxygens (including phenoxy) is 1. The minimum Gasteiger partial charge on any atom is -0.483 e. The van der Waals surface area contributed by atoms with E-state index in [1.54, 1.807) is 0 Å². The molecule has 3 N–H and O–H groups in total. The number of nitrogens with two attached hydrogens (primary N) is 1. The highest BCUT2D eigenvalue weighted by Crippen LogP contribution is 2.23. The lowest BCUT2D eigenvalue weighted by Gasteiger charge is -2.13. The zero-order valence-electron chi connectivity index (χ0n) is 11.7. The molecular weight excluding hydrogens is 332 g/mol. The van der Waals surface area contributed by atoms with Crippen LogP contribution in [0.15, 0.2) is 53.0 Å². The topological polar surface area (TPSA) is 64.3 Å². The lowest BCUT2D eigenvalue weighted by molar-refractivity contribution is -0.118. The van der Waals surface area contributed by atoms with Crippen LogP contribution < -0.4 is 15.8 Å². The Hall–Kier alpha value is -1.85. The summed E-state index contributed by atoms with van der Waals surface area (Å²) < 4.78 is 6.46. The molecule has 0 spiro atoms. The highest BCUT2D eigenvalue weighted by molar-refractivity contribution is 9.10. The highest BCUT2D eigenvalue weighted by Gasteiger charge is 2.09. The van der Waals surface area contributed by atoms with Crippen LogP contribution in [0.1, 0.15) is 18.5 Å². The third kappa shape index (κ3) is 4.58. The molecule has 2 rings (SSSR count). The standard InChI is InChI=1S/C16H17BrN2O2/c1-11(18)14-7-2-3-8-15(14)21-10-16(20)19-13-6-4-5-12(17)9-13/h2-9,11H,10,18H2,1H3,(H,19,20)/t11-/m1/s1. The fraction of sp³-hybridized carbons (Fsp3) is 0.188. The van der Waals surface area contributed by atoms with E-state index in [1.807, 2.05) is 55.5 Å². The van der Waals surface area contributed by atoms with E-state index in [2.05, 4.69) is 21.2 Å². The third-order valence-electron chi connectivity index (χ3n) is 2.88. The number of nitrogens with one attached hydrogen (secondary N) is 1. The number of carbonyl (C=O) groups excluding carboxylic acids is 1. The Morgan fingerprint density at radius 1 is 1.29 bits per heavy atom. The van der Waals surface area contributed by atoms with Crippen molar-refractivity contribution in [3.63, 3.8) is 0 Å². The van der Waals surface area contributed by atoms with Gasteiger partial charge in [0, 0.05) is 21.8 Å². The summed E-state index contributed by atoms with van der Waals surface area (Å²) in [5.41, 5.74) is 7.48. The zero-order valence-corrected chi connectivity index (χ0v) is 13.3. The Labute approximate surface area is 132 Å². The molecule has 0 aliphatic heterocycles. The van der Waals surface area contributed by atoms with E-state index in [9.17, 15) is 4.79 Å². The largest absolute Gasteiger partial charge is 0.483 e. The summed E-state index contributed by atoms with van der Waals surface area (Å²) in [6.45, 7) is 1.82. The Kier molecular flexibility index (Phi) is 5.36. The summed E-state index contributed by atoms with van der Waals surface area (Å²) in [6.07, 6.45) is 0. The van der Waals surface area contributed by atoms with E-state index >= 15 is 0 Å². The van der Waals surface area contributed by atoms with Gasteiger partial charge in [0.25, 0.3) is 5.91 Å². The molecule has 21 heavy (non-hydrogen) atoms. The number of halogens is 1. The van der Waals surface area contributed by atoms with Crippen molar-refractivity contribution in [3.05, 3.63) is 58.6 Å². The van der Waals surface area contributed by atoms with Gasteiger partial charge in [-0.2, -0.15) is 0 Å². The molecule has 0 fully saturated rings. The van der Waals surface area contributed by atoms with Gasteiger partial charge >= 0.3 is 0 Å². The molecule has 0 aliphatic rings. The second-order valence-corrected chi connectivity index (χ2v) is 5.59. The summed E-state index contributed by atoms with van der Waals surface area (Å²) in [7, 11) is 0. The second-order valence-electron chi connectivity index (χ2n) is 4.67. The molecule has 5 heteroatoms. The van der Waals surface area contributed by atoms with Crippen LogP contribution in [0.3, 0.4) is 0 Å². The molecule has 0 aromatic heterocycles. The van der Waals surface area contributed by atoms with Crippen molar-refractivity contribution in [2.75, 3.05) is 11.9 Å². The third-order valence-corrected chi connectivity index (χ3v) is 3.37. The van der Waals surface area contributed by atoms with Gasteiger partial charge in [0.15, 0.2) is 6.61 Å². The number of anilines is 1. The zero-order chi connectivity index (χ0) is 15.2. The smallest absolute Gasteiger partial charge is 0.262 e. The molecule has 0 unspecified atom stereocenters. The number of hydrogen-bond acceptors (Lipinski definition) is 3. The number of hydrogen-bond donors (Lipinski definition) is 2. The van der Waals surface area contributed by atoms with E-state index in [0.29, 0.717) is 5.75 Å². The number of para-hydroxylation sites is 1. The maximum Gasteiger partial charge on any atom is 0.262 e. The van der Waals surface area contributed by atoms with Crippen molar-refractivity contribution in [1.82, 2.24) is 0 Å². The van der Waals surface area contributed by atoms with Gasteiger partial charge in [0.05, 0.1) is 0 Å². The fourth-order valence-electron chi connectivity index (χ4n) is 1.89. The van der Waals surface area contributed by atoms with Gasteiger partial charge < -0.3 is 15.8 Å². The molecule has 2 aromatic rings. The molecular formula is C16H17BrN2O2. The minimum atomic E-state index is -0.215. The molecule has 0 radical (unpaired) electrons. The fourth-order valence-corrected chi connectivity index (χ4v) is 2.29. The van der Waals surface area contributed by atoms with Crippen molar-refractivity contribution >= 4 is 27.5 Å². The Balaban J connectivity index is 1.95. The molecule has 0 bridgehead atoms. The Bertz CT molecular complexity index is 629. The molecule has 4 nitrogen and oxygen atoms in total. The van der Waals surface area contributed by atoms with Crippen LogP contribution in [-0.4, -0.2) is 12.5 Å². The average molecular weight is 349 g/mol. The quantitative estimate of drug-likeness (QED) is 0.869. The van der Waals surface area contributed by atoms with Gasteiger partial charge in [-0.05, 0) is 31.2 Å². The van der Waals surface area contributed by atoms with Crippen LogP contribution in [0.4, 0.5) is 5.69 Å². The minimum absolute atomic E-state index is 0.0593. The van der Waals surface area contributed by atoms with Gasteiger partial charge in [-0.15, -0.1) is 0 Å². The van der Waals surface area contributed by atoms with E-state index in [-0.39, 0.29) is 18.6 Å². The van der Waals surface area contributed by atoms with Gasteiger partial charge in [-0.1, -0.05) is 40.2 Å². The first-order valence-corrected chi connectivity index (χ1v) is 7.38. The first kappa shape index (κ1) is 15.5. The van der Waals surface area contributed by atoms with Crippen LogP contribution in [0.25, 0.3) is 0 Å². The number of carbonyl (C=O) groups is 1. The van der Waals surface area contributed by atoms with Crippen molar-refractivity contribution in [1.29, 1.82) is 0 Å². The van der Waals surface area contributed by atoms with Crippen LogP contribution in [0, 0.1) is 0 Å². The number of benzene rings is 2. The van der Waals surface area contributed by atoms with Crippen LogP contribution in [0.5, 0.6) is 5.75 Å². The Morgan fingerprint density at radius 2 is 2.05 bits per heavy atom. The first-order chi connectivity index (χ1) is 10.1. The summed E-state index contributed by atoms with van der Waals surface area (Å²) in [6, 6.07) is 14.7. The normalized spacial score (nSPS) is 11.8.